The smallest absolute Gasteiger partial charge is 0.309 e. The summed E-state index contributed by atoms with van der Waals surface area (Å²) in [5.74, 6) is -1.34. The van der Waals surface area contributed by atoms with E-state index in [4.69, 9.17) is 0 Å². The Labute approximate surface area is 98.2 Å². The number of nitro groups is 1. The molecule has 0 aromatic carbocycles. The molecule has 1 aliphatic carbocycles. The van der Waals surface area contributed by atoms with E-state index in [2.05, 4.69) is 9.47 Å². The Balaban J connectivity index is 2.55. The fourth-order valence-electron chi connectivity index (χ4n) is 2.07. The first-order chi connectivity index (χ1) is 7.95. The van der Waals surface area contributed by atoms with Gasteiger partial charge in [0.1, 0.15) is 0 Å². The first kappa shape index (κ1) is 13.4. The van der Waals surface area contributed by atoms with E-state index in [0.29, 0.717) is 0 Å². The fourth-order valence-corrected chi connectivity index (χ4v) is 2.07. The van der Waals surface area contributed by atoms with Gasteiger partial charge in [0.05, 0.1) is 26.6 Å². The summed E-state index contributed by atoms with van der Waals surface area (Å²) < 4.78 is 8.96. The molecule has 17 heavy (non-hydrogen) atoms. The number of nitrogens with zero attached hydrogens (tertiary/aromatic N) is 1. The SMILES string of the molecule is COC(=O)CC[C@]1([N+](=O)[O-])C[C@@H](C(=O)OC)C1. The average molecular weight is 245 g/mol. The second-order valence-electron chi connectivity index (χ2n) is 4.19. The number of methoxy groups -OCH3 is 2. The van der Waals surface area contributed by atoms with Gasteiger partial charge in [0.15, 0.2) is 0 Å². The Morgan fingerprint density at radius 2 is 1.94 bits per heavy atom. The highest BCUT2D eigenvalue weighted by Gasteiger charge is 2.57. The largest absolute Gasteiger partial charge is 0.469 e. The third-order valence-corrected chi connectivity index (χ3v) is 3.20. The Morgan fingerprint density at radius 1 is 1.35 bits per heavy atom. The van der Waals surface area contributed by atoms with Gasteiger partial charge in [-0.15, -0.1) is 0 Å². The van der Waals surface area contributed by atoms with Crippen LogP contribution >= 0.6 is 0 Å². The van der Waals surface area contributed by atoms with Gasteiger partial charge in [-0.25, -0.2) is 0 Å². The Morgan fingerprint density at radius 3 is 2.35 bits per heavy atom. The molecule has 0 radical (unpaired) electrons. The number of rotatable bonds is 5. The summed E-state index contributed by atoms with van der Waals surface area (Å²) in [7, 11) is 2.49. The molecule has 0 amide bonds. The standard InChI is InChI=1S/C10H15NO6/c1-16-8(12)3-4-10(11(14)15)5-7(6-10)9(13)17-2/h7H,3-6H2,1-2H3/t7-,10+. The lowest BCUT2D eigenvalue weighted by Crippen LogP contribution is -2.53. The normalized spacial score (nSPS) is 26.8. The zero-order chi connectivity index (χ0) is 13.1. The first-order valence-electron chi connectivity index (χ1n) is 5.24. The molecule has 0 aromatic heterocycles. The number of carbonyl (C=O) groups is 2. The van der Waals surface area contributed by atoms with Crippen LogP contribution < -0.4 is 0 Å². The van der Waals surface area contributed by atoms with Gasteiger partial charge in [-0.3, -0.25) is 19.7 Å². The Bertz CT molecular complexity index is 328. The highest BCUT2D eigenvalue weighted by atomic mass is 16.6. The van der Waals surface area contributed by atoms with E-state index >= 15 is 0 Å². The minimum atomic E-state index is -1.17. The molecule has 0 bridgehead atoms. The summed E-state index contributed by atoms with van der Waals surface area (Å²) in [6.07, 6.45) is 0.346. The topological polar surface area (TPSA) is 95.7 Å². The highest BCUT2D eigenvalue weighted by molar-refractivity contribution is 5.74. The monoisotopic (exact) mass is 245 g/mol. The number of hydrogen-bond donors (Lipinski definition) is 0. The molecule has 0 aliphatic heterocycles. The molecule has 1 saturated carbocycles. The number of esters is 2. The van der Waals surface area contributed by atoms with Gasteiger partial charge < -0.3 is 9.47 Å². The van der Waals surface area contributed by atoms with Crippen LogP contribution in [0.5, 0.6) is 0 Å². The summed E-state index contributed by atoms with van der Waals surface area (Å²) in [4.78, 5) is 32.7. The van der Waals surface area contributed by atoms with Gasteiger partial charge in [0.2, 0.25) is 5.54 Å². The maximum Gasteiger partial charge on any atom is 0.309 e. The molecule has 1 fully saturated rings. The molecule has 7 heteroatoms. The van der Waals surface area contributed by atoms with Crippen LogP contribution in [0.3, 0.4) is 0 Å². The molecule has 0 aromatic rings. The molecular formula is C10H15NO6. The van der Waals surface area contributed by atoms with E-state index in [9.17, 15) is 19.7 Å². The molecule has 0 saturated heterocycles. The van der Waals surface area contributed by atoms with Crippen molar-refractivity contribution in [3.05, 3.63) is 10.1 Å². The molecule has 0 unspecified atom stereocenters. The van der Waals surface area contributed by atoms with Crippen molar-refractivity contribution >= 4 is 11.9 Å². The molecule has 1 rings (SSSR count). The molecule has 0 atom stereocenters. The lowest BCUT2D eigenvalue weighted by molar-refractivity contribution is -0.590. The average Bonchev–Trinajstić information content (AvgIpc) is 2.25. The van der Waals surface area contributed by atoms with Crippen molar-refractivity contribution in [2.24, 2.45) is 5.92 Å². The summed E-state index contributed by atoms with van der Waals surface area (Å²) in [5.41, 5.74) is -1.17. The maximum absolute atomic E-state index is 11.2. The van der Waals surface area contributed by atoms with Crippen molar-refractivity contribution in [2.75, 3.05) is 14.2 Å². The van der Waals surface area contributed by atoms with Crippen molar-refractivity contribution in [3.8, 4) is 0 Å². The van der Waals surface area contributed by atoms with Gasteiger partial charge in [-0.1, -0.05) is 0 Å². The van der Waals surface area contributed by atoms with Crippen LogP contribution in [0.25, 0.3) is 0 Å². The molecule has 0 N–H and O–H groups in total. The lowest BCUT2D eigenvalue weighted by atomic mass is 9.66. The molecule has 0 spiro atoms. The predicted octanol–water partition coefficient (Wildman–Crippen LogP) is 0.538. The fraction of sp³-hybridized carbons (Fsp3) is 0.800. The molecule has 0 heterocycles. The van der Waals surface area contributed by atoms with Crippen LogP contribution in [0.1, 0.15) is 25.7 Å². The number of ether oxygens (including phenoxy) is 2. The molecule has 7 nitrogen and oxygen atoms in total. The van der Waals surface area contributed by atoms with Crippen molar-refractivity contribution in [2.45, 2.75) is 31.2 Å². The zero-order valence-corrected chi connectivity index (χ0v) is 9.80. The van der Waals surface area contributed by atoms with Crippen LogP contribution in [-0.4, -0.2) is 36.6 Å². The van der Waals surface area contributed by atoms with Crippen LogP contribution in [-0.2, 0) is 19.1 Å². The number of carbonyl (C=O) groups excluding carboxylic acids is 2. The van der Waals surface area contributed by atoms with E-state index in [0.717, 1.165) is 0 Å². The van der Waals surface area contributed by atoms with Crippen molar-refractivity contribution in [3.63, 3.8) is 0 Å². The number of hydrogen-bond acceptors (Lipinski definition) is 6. The summed E-state index contributed by atoms with van der Waals surface area (Å²) in [6.45, 7) is 0. The van der Waals surface area contributed by atoms with Crippen LogP contribution in [0.2, 0.25) is 0 Å². The quantitative estimate of drug-likeness (QED) is 0.398. The van der Waals surface area contributed by atoms with E-state index in [-0.39, 0.29) is 25.7 Å². The summed E-state index contributed by atoms with van der Waals surface area (Å²) in [6, 6.07) is 0. The van der Waals surface area contributed by atoms with Crippen LogP contribution in [0, 0.1) is 16.0 Å². The van der Waals surface area contributed by atoms with Crippen molar-refractivity contribution < 1.29 is 24.0 Å². The van der Waals surface area contributed by atoms with E-state index in [1.54, 1.807) is 0 Å². The highest BCUT2D eigenvalue weighted by Crippen LogP contribution is 2.44. The third kappa shape index (κ3) is 2.72. The predicted molar refractivity (Wildman–Crippen MR) is 55.7 cm³/mol. The van der Waals surface area contributed by atoms with Crippen molar-refractivity contribution in [1.29, 1.82) is 0 Å². The Kier molecular flexibility index (Phi) is 4.03. The second-order valence-corrected chi connectivity index (χ2v) is 4.19. The zero-order valence-electron chi connectivity index (χ0n) is 9.80. The maximum atomic E-state index is 11.2. The van der Waals surface area contributed by atoms with Gasteiger partial charge in [-0.2, -0.15) is 0 Å². The summed E-state index contributed by atoms with van der Waals surface area (Å²) >= 11 is 0. The van der Waals surface area contributed by atoms with Crippen LogP contribution in [0.4, 0.5) is 0 Å². The van der Waals surface area contributed by atoms with Gasteiger partial charge in [0.25, 0.3) is 0 Å². The first-order valence-corrected chi connectivity index (χ1v) is 5.24. The van der Waals surface area contributed by atoms with E-state index in [1.807, 2.05) is 0 Å². The molecular weight excluding hydrogens is 230 g/mol. The minimum absolute atomic E-state index is 0.00856. The van der Waals surface area contributed by atoms with Gasteiger partial charge >= 0.3 is 11.9 Å². The van der Waals surface area contributed by atoms with E-state index in [1.165, 1.54) is 14.2 Å². The van der Waals surface area contributed by atoms with Gasteiger partial charge in [0, 0.05) is 24.2 Å². The van der Waals surface area contributed by atoms with Crippen molar-refractivity contribution in [1.82, 2.24) is 0 Å². The Hall–Kier alpha value is -1.66. The van der Waals surface area contributed by atoms with Gasteiger partial charge in [-0.05, 0) is 0 Å². The lowest BCUT2D eigenvalue weighted by Gasteiger charge is -2.38. The third-order valence-electron chi connectivity index (χ3n) is 3.20. The minimum Gasteiger partial charge on any atom is -0.469 e. The summed E-state index contributed by atoms with van der Waals surface area (Å²) in [5, 5.41) is 11.0. The second kappa shape index (κ2) is 5.11. The molecule has 1 aliphatic rings. The van der Waals surface area contributed by atoms with E-state index < -0.39 is 28.3 Å². The van der Waals surface area contributed by atoms with Crippen LogP contribution in [0.15, 0.2) is 0 Å². The molecule has 96 valence electrons.